The quantitative estimate of drug-likeness (QED) is 0.228. The molecule has 2 fully saturated rings. The number of halogens is 3. The number of pyridine rings is 1. The first kappa shape index (κ1) is 27.1. The fourth-order valence-corrected chi connectivity index (χ4v) is 4.96. The van der Waals surface area contributed by atoms with Crippen LogP contribution in [0.15, 0.2) is 36.5 Å². The number of thiocarbonyl (C=S) groups is 1. The van der Waals surface area contributed by atoms with Crippen LogP contribution in [-0.4, -0.2) is 53.9 Å². The van der Waals surface area contributed by atoms with Crippen molar-refractivity contribution in [2.45, 2.75) is 37.2 Å². The van der Waals surface area contributed by atoms with Gasteiger partial charge in [-0.3, -0.25) is 4.98 Å². The third-order valence-corrected chi connectivity index (χ3v) is 6.91. The normalized spacial score (nSPS) is 22.1. The van der Waals surface area contributed by atoms with E-state index in [9.17, 15) is 4.39 Å². The molecule has 37 heavy (non-hydrogen) atoms. The lowest BCUT2D eigenvalue weighted by Crippen LogP contribution is -2.52. The fraction of sp³-hybridized carbons (Fsp3) is 0.407. The molecular weight excluding hydrogens is 501 g/mol. The maximum atomic E-state index is 15.2. The Balaban J connectivity index is 1.57. The number of ether oxygens (including phenoxy) is 1. The Labute approximate surface area is 220 Å². The number of rotatable bonds is 8. The molecule has 1 aromatic carbocycles. The van der Waals surface area contributed by atoms with Gasteiger partial charge < -0.3 is 15.8 Å². The molecule has 1 aliphatic heterocycles. The number of hydrogen-bond donors (Lipinski definition) is 2. The van der Waals surface area contributed by atoms with Crippen molar-refractivity contribution in [3.8, 4) is 12.3 Å². The molecule has 2 aromatic rings. The fourth-order valence-electron chi connectivity index (χ4n) is 4.83. The molecule has 3 atom stereocenters. The standard InChI is InChI=1S/C27H29F3N4O2S/c1-4-17-6-8-23(32-16-17)22(29)14-18-5-7-21(28)19(13-18)25(33-26(31)37)20-15-24(20)34(2,3)36-27(30)9-11-35-12-10-27/h1,5-8,13-14,16,20,24-25H,9-12,15H2,2-3H3,(H2-,31,33,37)/p+1/b22-14-. The number of nitrogens with zero attached hydrogens (tertiary/aromatic N) is 2. The molecule has 0 amide bonds. The van der Waals surface area contributed by atoms with Crippen molar-refractivity contribution in [3.63, 3.8) is 0 Å². The Morgan fingerprint density at radius 2 is 2.08 bits per heavy atom. The van der Waals surface area contributed by atoms with Crippen LogP contribution in [-0.2, 0) is 9.57 Å². The van der Waals surface area contributed by atoms with Gasteiger partial charge in [-0.1, -0.05) is 12.0 Å². The number of quaternary nitrogens is 1. The maximum Gasteiger partial charge on any atom is 0.268 e. The molecule has 1 saturated heterocycles. The predicted octanol–water partition coefficient (Wildman–Crippen LogP) is 4.42. The van der Waals surface area contributed by atoms with E-state index in [0.29, 0.717) is 30.8 Å². The van der Waals surface area contributed by atoms with Crippen LogP contribution in [0.3, 0.4) is 0 Å². The van der Waals surface area contributed by atoms with Crippen LogP contribution in [0, 0.1) is 24.1 Å². The van der Waals surface area contributed by atoms with Gasteiger partial charge in [0.1, 0.15) is 17.7 Å². The summed E-state index contributed by atoms with van der Waals surface area (Å²) < 4.78 is 50.4. The first-order valence-electron chi connectivity index (χ1n) is 12.0. The average molecular weight is 532 g/mol. The predicted molar refractivity (Wildman–Crippen MR) is 139 cm³/mol. The van der Waals surface area contributed by atoms with Gasteiger partial charge in [0.2, 0.25) is 0 Å². The third kappa shape index (κ3) is 6.48. The summed E-state index contributed by atoms with van der Waals surface area (Å²) in [6.07, 6.45) is 8.91. The van der Waals surface area contributed by atoms with E-state index in [-0.39, 0.29) is 45.8 Å². The zero-order valence-electron chi connectivity index (χ0n) is 20.7. The number of terminal acetylenes is 1. The Morgan fingerprint density at radius 1 is 1.35 bits per heavy atom. The second-order valence-electron chi connectivity index (χ2n) is 9.82. The number of nitrogens with one attached hydrogen (secondary N) is 1. The second-order valence-corrected chi connectivity index (χ2v) is 10.3. The Morgan fingerprint density at radius 3 is 2.70 bits per heavy atom. The minimum atomic E-state index is -1.79. The largest absolute Gasteiger partial charge is 0.381 e. The monoisotopic (exact) mass is 531 g/mol. The van der Waals surface area contributed by atoms with E-state index in [4.69, 9.17) is 33.9 Å². The van der Waals surface area contributed by atoms with E-state index < -0.39 is 23.5 Å². The van der Waals surface area contributed by atoms with Crippen LogP contribution in [0.1, 0.15) is 47.7 Å². The SMILES string of the molecule is C#Cc1ccc(/C(F)=C/c2ccc(F)c(C(NC(N)=S)C3CC3[N+](C)(C)OC3(F)CCOCC3)c2)nc1. The number of nitrogens with two attached hydrogens (primary N) is 1. The number of hydroxylamine groups is 3. The average Bonchev–Trinajstić information content (AvgIpc) is 3.65. The summed E-state index contributed by atoms with van der Waals surface area (Å²) in [5.74, 6) is -0.609. The van der Waals surface area contributed by atoms with E-state index in [2.05, 4.69) is 16.2 Å². The molecule has 196 valence electrons. The van der Waals surface area contributed by atoms with Gasteiger partial charge in [-0.05, 0) is 48.1 Å². The highest BCUT2D eigenvalue weighted by atomic mass is 32.1. The highest BCUT2D eigenvalue weighted by Crippen LogP contribution is 2.49. The molecule has 10 heteroatoms. The first-order chi connectivity index (χ1) is 17.5. The lowest BCUT2D eigenvalue weighted by atomic mass is 9.98. The van der Waals surface area contributed by atoms with Gasteiger partial charge >= 0.3 is 0 Å². The Bertz CT molecular complexity index is 1220. The van der Waals surface area contributed by atoms with Crippen molar-refractivity contribution in [1.82, 2.24) is 10.3 Å². The zero-order chi connectivity index (χ0) is 26.8. The Kier molecular flexibility index (Phi) is 7.90. The van der Waals surface area contributed by atoms with E-state index in [1.54, 1.807) is 26.2 Å². The number of hydrogen-bond acceptors (Lipinski definition) is 4. The van der Waals surface area contributed by atoms with Crippen LogP contribution in [0.2, 0.25) is 0 Å². The van der Waals surface area contributed by atoms with Crippen molar-refractivity contribution in [3.05, 3.63) is 64.7 Å². The molecule has 2 aliphatic rings. The van der Waals surface area contributed by atoms with Crippen molar-refractivity contribution in [2.24, 2.45) is 11.7 Å². The van der Waals surface area contributed by atoms with E-state index in [1.807, 2.05) is 0 Å². The minimum Gasteiger partial charge on any atom is -0.381 e. The van der Waals surface area contributed by atoms with Crippen LogP contribution in [0.5, 0.6) is 0 Å². The van der Waals surface area contributed by atoms with E-state index >= 15 is 8.78 Å². The molecule has 0 radical (unpaired) electrons. The summed E-state index contributed by atoms with van der Waals surface area (Å²) in [7, 11) is 3.56. The van der Waals surface area contributed by atoms with Crippen molar-refractivity contribution in [1.29, 1.82) is 0 Å². The molecule has 6 nitrogen and oxygen atoms in total. The third-order valence-electron chi connectivity index (χ3n) is 6.79. The minimum absolute atomic E-state index is 0.00223. The molecule has 0 spiro atoms. The van der Waals surface area contributed by atoms with Crippen molar-refractivity contribution in [2.75, 3.05) is 27.3 Å². The molecule has 4 rings (SSSR count). The molecular formula is C27H30F3N4O2S+. The summed E-state index contributed by atoms with van der Waals surface area (Å²) in [6, 6.07) is 6.60. The van der Waals surface area contributed by atoms with Gasteiger partial charge in [0.25, 0.3) is 5.85 Å². The van der Waals surface area contributed by atoms with Gasteiger partial charge in [0.15, 0.2) is 5.11 Å². The first-order valence-corrected chi connectivity index (χ1v) is 12.4. The zero-order valence-corrected chi connectivity index (χ0v) is 21.5. The molecule has 1 saturated carbocycles. The van der Waals surface area contributed by atoms with Crippen LogP contribution < -0.4 is 11.1 Å². The number of alkyl halides is 1. The van der Waals surface area contributed by atoms with Crippen LogP contribution in [0.4, 0.5) is 13.2 Å². The van der Waals surface area contributed by atoms with E-state index in [0.717, 1.165) is 0 Å². The highest BCUT2D eigenvalue weighted by molar-refractivity contribution is 7.80. The van der Waals surface area contributed by atoms with Crippen LogP contribution >= 0.6 is 12.2 Å². The Hall–Kier alpha value is -2.97. The van der Waals surface area contributed by atoms with Crippen molar-refractivity contribution >= 4 is 29.2 Å². The summed E-state index contributed by atoms with van der Waals surface area (Å²) in [5.41, 5.74) is 7.13. The van der Waals surface area contributed by atoms with E-state index in [1.165, 1.54) is 30.5 Å². The van der Waals surface area contributed by atoms with Gasteiger partial charge in [-0.2, -0.15) is 9.48 Å². The van der Waals surface area contributed by atoms with Gasteiger partial charge in [0.05, 0.1) is 39.0 Å². The van der Waals surface area contributed by atoms with Gasteiger partial charge in [0, 0.05) is 42.5 Å². The highest BCUT2D eigenvalue weighted by Gasteiger charge is 2.58. The smallest absolute Gasteiger partial charge is 0.268 e. The molecule has 2 heterocycles. The molecule has 0 bridgehead atoms. The van der Waals surface area contributed by atoms with Gasteiger partial charge in [-0.25, -0.2) is 13.2 Å². The maximum absolute atomic E-state index is 15.2. The summed E-state index contributed by atoms with van der Waals surface area (Å²) >= 11 is 5.07. The number of aromatic nitrogens is 1. The molecule has 3 unspecified atom stereocenters. The summed E-state index contributed by atoms with van der Waals surface area (Å²) in [4.78, 5) is 9.94. The summed E-state index contributed by atoms with van der Waals surface area (Å²) in [5, 5.41) is 2.98. The number of benzene rings is 1. The second kappa shape index (κ2) is 10.8. The molecule has 1 aromatic heterocycles. The van der Waals surface area contributed by atoms with Crippen LogP contribution in [0.25, 0.3) is 11.9 Å². The summed E-state index contributed by atoms with van der Waals surface area (Å²) in [6.45, 7) is 0.587. The molecule has 3 N–H and O–H groups in total. The van der Waals surface area contributed by atoms with Crippen molar-refractivity contribution < 1.29 is 27.4 Å². The molecule has 1 aliphatic carbocycles. The lowest BCUT2D eigenvalue weighted by molar-refractivity contribution is -1.10. The van der Waals surface area contributed by atoms with Gasteiger partial charge in [-0.15, -0.1) is 6.42 Å². The topological polar surface area (TPSA) is 69.4 Å². The lowest BCUT2D eigenvalue weighted by Gasteiger charge is -2.37.